The van der Waals surface area contributed by atoms with Crippen molar-refractivity contribution >= 4 is 23.1 Å². The zero-order chi connectivity index (χ0) is 9.26. The fourth-order valence-corrected chi connectivity index (χ4v) is 2.72. The van der Waals surface area contributed by atoms with Crippen LogP contribution in [0.3, 0.4) is 0 Å². The van der Waals surface area contributed by atoms with Gasteiger partial charge in [0.1, 0.15) is 0 Å². The van der Waals surface area contributed by atoms with Gasteiger partial charge < -0.3 is 5.32 Å². The van der Waals surface area contributed by atoms with Crippen LogP contribution >= 0.6 is 23.1 Å². The van der Waals surface area contributed by atoms with Crippen LogP contribution in [0.5, 0.6) is 0 Å². The SMILES string of the molecule is Cc1nc(C(C)NC2CSC2)cs1. The Morgan fingerprint density at radius 3 is 2.85 bits per heavy atom. The zero-order valence-corrected chi connectivity index (χ0v) is 9.54. The quantitative estimate of drug-likeness (QED) is 0.835. The lowest BCUT2D eigenvalue weighted by atomic mass is 10.2. The molecule has 0 aromatic carbocycles. The fourth-order valence-electron chi connectivity index (χ4n) is 1.35. The number of thiazole rings is 1. The van der Waals surface area contributed by atoms with Crippen LogP contribution in [0, 0.1) is 6.92 Å². The lowest BCUT2D eigenvalue weighted by Crippen LogP contribution is -2.41. The van der Waals surface area contributed by atoms with Crippen LogP contribution in [0.15, 0.2) is 5.38 Å². The molecule has 1 aromatic heterocycles. The molecular weight excluding hydrogens is 200 g/mol. The second kappa shape index (κ2) is 3.98. The number of rotatable bonds is 3. The van der Waals surface area contributed by atoms with Crippen molar-refractivity contribution in [3.63, 3.8) is 0 Å². The Bertz CT molecular complexity index is 281. The van der Waals surface area contributed by atoms with E-state index in [2.05, 4.69) is 29.5 Å². The van der Waals surface area contributed by atoms with Gasteiger partial charge in [0.2, 0.25) is 0 Å². The molecule has 0 spiro atoms. The summed E-state index contributed by atoms with van der Waals surface area (Å²) in [5, 5.41) is 6.88. The lowest BCUT2D eigenvalue weighted by Gasteiger charge is -2.28. The molecule has 1 unspecified atom stereocenters. The third kappa shape index (κ3) is 2.24. The van der Waals surface area contributed by atoms with E-state index in [1.54, 1.807) is 11.3 Å². The van der Waals surface area contributed by atoms with E-state index in [4.69, 9.17) is 0 Å². The minimum atomic E-state index is 0.413. The van der Waals surface area contributed by atoms with E-state index in [9.17, 15) is 0 Å². The van der Waals surface area contributed by atoms with Gasteiger partial charge in [0.15, 0.2) is 0 Å². The van der Waals surface area contributed by atoms with E-state index in [0.29, 0.717) is 12.1 Å². The molecule has 4 heteroatoms. The second-order valence-electron chi connectivity index (χ2n) is 3.41. The number of nitrogens with zero attached hydrogens (tertiary/aromatic N) is 1. The van der Waals surface area contributed by atoms with Crippen molar-refractivity contribution in [2.75, 3.05) is 11.5 Å². The molecule has 1 aromatic rings. The Morgan fingerprint density at radius 1 is 1.62 bits per heavy atom. The van der Waals surface area contributed by atoms with Crippen molar-refractivity contribution < 1.29 is 0 Å². The number of thioether (sulfide) groups is 1. The van der Waals surface area contributed by atoms with E-state index >= 15 is 0 Å². The number of hydrogen-bond acceptors (Lipinski definition) is 4. The third-order valence-corrected chi connectivity index (χ3v) is 4.27. The van der Waals surface area contributed by atoms with Crippen LogP contribution in [0.2, 0.25) is 0 Å². The van der Waals surface area contributed by atoms with Crippen molar-refractivity contribution in [2.45, 2.75) is 25.9 Å². The van der Waals surface area contributed by atoms with Gasteiger partial charge in [-0.05, 0) is 13.8 Å². The highest BCUT2D eigenvalue weighted by Gasteiger charge is 2.20. The molecule has 1 saturated heterocycles. The first-order valence-corrected chi connectivity index (χ1v) is 6.55. The summed E-state index contributed by atoms with van der Waals surface area (Å²) in [6.07, 6.45) is 0. The van der Waals surface area contributed by atoms with Gasteiger partial charge in [-0.15, -0.1) is 11.3 Å². The third-order valence-electron chi connectivity index (χ3n) is 2.20. The van der Waals surface area contributed by atoms with Crippen LogP contribution in [-0.4, -0.2) is 22.5 Å². The molecule has 2 heterocycles. The number of aryl methyl sites for hydroxylation is 1. The second-order valence-corrected chi connectivity index (χ2v) is 5.55. The van der Waals surface area contributed by atoms with E-state index in [1.807, 2.05) is 11.8 Å². The Balaban J connectivity index is 1.92. The molecule has 0 amide bonds. The molecule has 2 nitrogen and oxygen atoms in total. The highest BCUT2D eigenvalue weighted by molar-refractivity contribution is 8.00. The van der Waals surface area contributed by atoms with Crippen molar-refractivity contribution in [1.29, 1.82) is 0 Å². The van der Waals surface area contributed by atoms with Crippen molar-refractivity contribution in [2.24, 2.45) is 0 Å². The van der Waals surface area contributed by atoms with E-state index in [0.717, 1.165) is 5.01 Å². The minimum Gasteiger partial charge on any atom is -0.304 e. The van der Waals surface area contributed by atoms with Gasteiger partial charge in [0.25, 0.3) is 0 Å². The highest BCUT2D eigenvalue weighted by Crippen LogP contribution is 2.22. The molecule has 2 rings (SSSR count). The van der Waals surface area contributed by atoms with Crippen molar-refractivity contribution in [3.05, 3.63) is 16.1 Å². The summed E-state index contributed by atoms with van der Waals surface area (Å²) in [6.45, 7) is 4.25. The number of aromatic nitrogens is 1. The average Bonchev–Trinajstić information content (AvgIpc) is 2.44. The molecule has 0 bridgehead atoms. The molecule has 13 heavy (non-hydrogen) atoms. The normalized spacial score (nSPS) is 19.8. The Morgan fingerprint density at radius 2 is 2.38 bits per heavy atom. The van der Waals surface area contributed by atoms with E-state index in [-0.39, 0.29) is 0 Å². The monoisotopic (exact) mass is 214 g/mol. The topological polar surface area (TPSA) is 24.9 Å². The molecule has 0 aliphatic carbocycles. The zero-order valence-electron chi connectivity index (χ0n) is 7.91. The molecule has 1 atom stereocenters. The maximum Gasteiger partial charge on any atom is 0.0898 e. The summed E-state index contributed by atoms with van der Waals surface area (Å²) in [5.74, 6) is 2.51. The summed E-state index contributed by atoms with van der Waals surface area (Å²) < 4.78 is 0. The van der Waals surface area contributed by atoms with Gasteiger partial charge in [-0.1, -0.05) is 0 Å². The summed E-state index contributed by atoms with van der Waals surface area (Å²) >= 11 is 3.74. The fraction of sp³-hybridized carbons (Fsp3) is 0.667. The van der Waals surface area contributed by atoms with E-state index < -0.39 is 0 Å². The Hall–Kier alpha value is -0.0600. The highest BCUT2D eigenvalue weighted by atomic mass is 32.2. The molecule has 72 valence electrons. The Labute approximate surface area is 87.1 Å². The standard InChI is InChI=1S/C9H14N2S2/c1-6(10-8-3-12-4-8)9-5-13-7(2)11-9/h5-6,8,10H,3-4H2,1-2H3. The first kappa shape index (κ1) is 9.49. The molecule has 1 N–H and O–H groups in total. The Kier molecular flexibility index (Phi) is 2.91. The van der Waals surface area contributed by atoms with E-state index in [1.165, 1.54) is 17.2 Å². The summed E-state index contributed by atoms with van der Waals surface area (Å²) in [4.78, 5) is 4.47. The van der Waals surface area contributed by atoms with Crippen molar-refractivity contribution in [1.82, 2.24) is 10.3 Å². The predicted octanol–water partition coefficient (Wildman–Crippen LogP) is 2.22. The molecule has 1 fully saturated rings. The minimum absolute atomic E-state index is 0.413. The van der Waals surface area contributed by atoms with Gasteiger partial charge in [0.05, 0.1) is 10.7 Å². The maximum absolute atomic E-state index is 4.47. The predicted molar refractivity (Wildman–Crippen MR) is 59.5 cm³/mol. The maximum atomic E-state index is 4.47. The van der Waals surface area contributed by atoms with Crippen LogP contribution < -0.4 is 5.32 Å². The largest absolute Gasteiger partial charge is 0.304 e. The van der Waals surface area contributed by atoms with Gasteiger partial charge in [-0.3, -0.25) is 0 Å². The molecule has 1 aliphatic rings. The summed E-state index contributed by atoms with van der Waals surface area (Å²) in [7, 11) is 0. The van der Waals surface area contributed by atoms with Crippen molar-refractivity contribution in [3.8, 4) is 0 Å². The number of nitrogens with one attached hydrogen (secondary N) is 1. The summed E-state index contributed by atoms with van der Waals surface area (Å²) in [6, 6.07) is 1.12. The summed E-state index contributed by atoms with van der Waals surface area (Å²) in [5.41, 5.74) is 1.19. The average molecular weight is 214 g/mol. The van der Waals surface area contributed by atoms with Gasteiger partial charge in [-0.2, -0.15) is 11.8 Å². The van der Waals surface area contributed by atoms with Gasteiger partial charge in [-0.25, -0.2) is 4.98 Å². The van der Waals surface area contributed by atoms with Crippen LogP contribution in [0.25, 0.3) is 0 Å². The van der Waals surface area contributed by atoms with Crippen LogP contribution in [-0.2, 0) is 0 Å². The molecule has 0 radical (unpaired) electrons. The van der Waals surface area contributed by atoms with Crippen LogP contribution in [0.4, 0.5) is 0 Å². The molecule has 0 saturated carbocycles. The number of hydrogen-bond donors (Lipinski definition) is 1. The first-order chi connectivity index (χ1) is 6.25. The lowest BCUT2D eigenvalue weighted by molar-refractivity contribution is 0.495. The molecule has 1 aliphatic heterocycles. The smallest absolute Gasteiger partial charge is 0.0898 e. The van der Waals surface area contributed by atoms with Gasteiger partial charge >= 0.3 is 0 Å². The first-order valence-electron chi connectivity index (χ1n) is 4.51. The van der Waals surface area contributed by atoms with Gasteiger partial charge in [0, 0.05) is 29.0 Å². The van der Waals surface area contributed by atoms with Crippen LogP contribution in [0.1, 0.15) is 23.7 Å². The molecular formula is C9H14N2S2.